The summed E-state index contributed by atoms with van der Waals surface area (Å²) in [5.74, 6) is 0.399. The molecule has 0 fully saturated rings. The molecule has 3 aromatic rings. The summed E-state index contributed by atoms with van der Waals surface area (Å²) in [6.07, 6.45) is 5.11. The molecule has 2 aromatic heterocycles. The lowest BCUT2D eigenvalue weighted by molar-refractivity contribution is -0.121. The number of ether oxygens (including phenoxy) is 3. The van der Waals surface area contributed by atoms with E-state index in [-0.39, 0.29) is 23.5 Å². The fourth-order valence-corrected chi connectivity index (χ4v) is 5.31. The molecule has 0 radical (unpaired) electrons. The molecule has 0 aliphatic heterocycles. The van der Waals surface area contributed by atoms with Gasteiger partial charge in [0.25, 0.3) is 0 Å². The number of aromatic nitrogens is 4. The first-order valence-electron chi connectivity index (χ1n) is 17.8. The van der Waals surface area contributed by atoms with E-state index in [1.54, 1.807) is 54.8 Å². The average Bonchev–Trinajstić information content (AvgIpc) is 3.53. The lowest BCUT2D eigenvalue weighted by atomic mass is 9.93. The molecule has 14 nitrogen and oxygen atoms in total. The Morgan fingerprint density at radius 2 is 1.43 bits per heavy atom. The number of carbonyl (C=O) groups is 4. The van der Waals surface area contributed by atoms with Gasteiger partial charge in [0.1, 0.15) is 28.3 Å². The molecule has 1 unspecified atom stereocenters. The van der Waals surface area contributed by atoms with Gasteiger partial charge in [-0.3, -0.25) is 4.79 Å². The number of aromatic amines is 1. The van der Waals surface area contributed by atoms with E-state index in [1.807, 2.05) is 58.0 Å². The van der Waals surface area contributed by atoms with Gasteiger partial charge < -0.3 is 29.4 Å². The van der Waals surface area contributed by atoms with Crippen LogP contribution in [-0.2, 0) is 25.5 Å². The molecule has 2 heterocycles. The Morgan fingerprint density at radius 3 is 1.96 bits per heavy atom. The van der Waals surface area contributed by atoms with Gasteiger partial charge in [0.2, 0.25) is 5.91 Å². The van der Waals surface area contributed by atoms with E-state index in [2.05, 4.69) is 20.3 Å². The van der Waals surface area contributed by atoms with Crippen LogP contribution in [0.15, 0.2) is 42.7 Å². The second-order valence-electron chi connectivity index (χ2n) is 16.0. The Morgan fingerprint density at radius 1 is 0.849 bits per heavy atom. The summed E-state index contributed by atoms with van der Waals surface area (Å²) < 4.78 is 16.8. The van der Waals surface area contributed by atoms with Crippen LogP contribution in [0.1, 0.15) is 106 Å². The van der Waals surface area contributed by atoms with E-state index < -0.39 is 35.1 Å². The van der Waals surface area contributed by atoms with Crippen molar-refractivity contribution >= 4 is 35.6 Å². The molecule has 2 N–H and O–H groups in total. The molecule has 1 aromatic carbocycles. The highest BCUT2D eigenvalue weighted by atomic mass is 16.6. The molecule has 1 aliphatic carbocycles. The first kappa shape index (κ1) is 40.5. The van der Waals surface area contributed by atoms with Crippen LogP contribution in [0.5, 0.6) is 0 Å². The summed E-state index contributed by atoms with van der Waals surface area (Å²) in [6, 6.07) is 7.55. The molecule has 1 atom stereocenters. The molecule has 0 bridgehead atoms. The predicted molar refractivity (Wildman–Crippen MR) is 202 cm³/mol. The number of amides is 4. The quantitative estimate of drug-likeness (QED) is 0.216. The maximum absolute atomic E-state index is 13.7. The summed E-state index contributed by atoms with van der Waals surface area (Å²) in [6.45, 7) is 17.8. The molecule has 286 valence electrons. The Kier molecular flexibility index (Phi) is 12.4. The number of hydrogen-bond acceptors (Lipinski definition) is 10. The van der Waals surface area contributed by atoms with Crippen LogP contribution in [-0.4, -0.2) is 78.9 Å². The van der Waals surface area contributed by atoms with Crippen LogP contribution < -0.4 is 10.2 Å². The van der Waals surface area contributed by atoms with Gasteiger partial charge in [-0.15, -0.1) is 0 Å². The van der Waals surface area contributed by atoms with Crippen LogP contribution in [0.4, 0.5) is 20.2 Å². The number of hydrogen-bond donors (Lipinski definition) is 2. The van der Waals surface area contributed by atoms with E-state index in [4.69, 9.17) is 19.2 Å². The molecule has 14 heteroatoms. The number of carbonyl (C=O) groups excluding carboxylic acids is 4. The third kappa shape index (κ3) is 11.6. The molecule has 4 amide bonds. The minimum absolute atomic E-state index is 0.000447. The van der Waals surface area contributed by atoms with Crippen molar-refractivity contribution in [3.05, 3.63) is 54.0 Å². The summed E-state index contributed by atoms with van der Waals surface area (Å²) >= 11 is 0. The standard InChI is InChI=1S/C39H53N7O7/c1-12-30(47)42-27-19-17-25(18-20-27)28-21-41-33(46(35(49)52-38(5,6)7)36(50)53-39(8,9)10)31(43-28)29-22-40-32(44-29)26-15-13-24(14-16-26)23-45(11)34(48)51-37(2,3)4/h13-17,21-22,27H,12,18-20,23H2,1-11H3,(H,40,44)(H,42,47). The number of H-pyrrole nitrogens is 1. The van der Waals surface area contributed by atoms with Gasteiger partial charge in [0.05, 0.1) is 23.8 Å². The Hall–Kier alpha value is -5.27. The number of rotatable bonds is 8. The van der Waals surface area contributed by atoms with Crippen molar-refractivity contribution < 1.29 is 33.4 Å². The van der Waals surface area contributed by atoms with E-state index >= 15 is 0 Å². The van der Waals surface area contributed by atoms with E-state index in [0.29, 0.717) is 43.0 Å². The zero-order valence-electron chi connectivity index (χ0n) is 32.7. The Bertz CT molecular complexity index is 1800. The maximum atomic E-state index is 13.7. The van der Waals surface area contributed by atoms with Crippen LogP contribution in [0.25, 0.3) is 28.3 Å². The van der Waals surface area contributed by atoms with Crippen molar-refractivity contribution in [3.8, 4) is 22.8 Å². The number of benzene rings is 1. The summed E-state index contributed by atoms with van der Waals surface area (Å²) in [5.41, 5.74) is 1.20. The lowest BCUT2D eigenvalue weighted by Crippen LogP contribution is -2.44. The molecule has 0 spiro atoms. The van der Waals surface area contributed by atoms with Gasteiger partial charge >= 0.3 is 18.3 Å². The minimum atomic E-state index is -0.979. The Balaban J connectivity index is 1.73. The first-order valence-corrected chi connectivity index (χ1v) is 17.8. The molecule has 53 heavy (non-hydrogen) atoms. The van der Waals surface area contributed by atoms with Crippen molar-refractivity contribution in [1.29, 1.82) is 0 Å². The fraction of sp³-hybridized carbons (Fsp3) is 0.513. The zero-order chi connectivity index (χ0) is 39.3. The molecular weight excluding hydrogens is 678 g/mol. The van der Waals surface area contributed by atoms with Crippen molar-refractivity contribution in [1.82, 2.24) is 30.2 Å². The van der Waals surface area contributed by atoms with Crippen LogP contribution in [0, 0.1) is 0 Å². The second-order valence-corrected chi connectivity index (χ2v) is 16.0. The number of anilines is 1. The van der Waals surface area contributed by atoms with E-state index in [1.165, 1.54) is 11.1 Å². The number of imidazole rings is 1. The van der Waals surface area contributed by atoms with Gasteiger partial charge in [-0.25, -0.2) is 29.3 Å². The van der Waals surface area contributed by atoms with Crippen molar-refractivity contribution in [3.63, 3.8) is 0 Å². The largest absolute Gasteiger partial charge is 0.444 e. The normalized spacial score (nSPS) is 14.8. The van der Waals surface area contributed by atoms with Crippen LogP contribution in [0.2, 0.25) is 0 Å². The summed E-state index contributed by atoms with van der Waals surface area (Å²) in [5, 5.41) is 3.04. The molecule has 0 saturated heterocycles. The third-order valence-electron chi connectivity index (χ3n) is 7.73. The molecule has 1 aliphatic rings. The first-order chi connectivity index (χ1) is 24.6. The van der Waals surface area contributed by atoms with Gasteiger partial charge in [-0.2, -0.15) is 4.90 Å². The molecule has 0 saturated carbocycles. The van der Waals surface area contributed by atoms with Gasteiger partial charge in [0.15, 0.2) is 5.82 Å². The number of nitrogens with zero attached hydrogens (tertiary/aromatic N) is 5. The van der Waals surface area contributed by atoms with E-state index in [0.717, 1.165) is 28.0 Å². The van der Waals surface area contributed by atoms with Gasteiger partial charge in [-0.1, -0.05) is 37.3 Å². The number of allylic oxidation sites excluding steroid dienone is 1. The Labute approximate surface area is 311 Å². The topological polar surface area (TPSA) is 169 Å². The van der Waals surface area contributed by atoms with Gasteiger partial charge in [0, 0.05) is 31.6 Å². The van der Waals surface area contributed by atoms with Crippen LogP contribution >= 0.6 is 0 Å². The predicted octanol–water partition coefficient (Wildman–Crippen LogP) is 8.04. The SMILES string of the molecule is CCC(=O)NC1CC=C(c2cnc(N(C(=O)OC(C)(C)C)C(=O)OC(C)(C)C)c(-c3cnc(-c4ccc(CN(C)C(=O)OC(C)(C)C)cc4)[nH]3)n2)CC1. The monoisotopic (exact) mass is 731 g/mol. The second kappa shape index (κ2) is 16.2. The fourth-order valence-electron chi connectivity index (χ4n) is 5.31. The number of imide groups is 1. The van der Waals surface area contributed by atoms with Crippen molar-refractivity contribution in [2.75, 3.05) is 11.9 Å². The molecular formula is C39H53N7O7. The van der Waals surface area contributed by atoms with Crippen molar-refractivity contribution in [2.24, 2.45) is 0 Å². The lowest BCUT2D eigenvalue weighted by Gasteiger charge is -2.29. The van der Waals surface area contributed by atoms with E-state index in [9.17, 15) is 19.2 Å². The highest BCUT2D eigenvalue weighted by Crippen LogP contribution is 2.34. The van der Waals surface area contributed by atoms with Crippen molar-refractivity contribution in [2.45, 2.75) is 124 Å². The zero-order valence-corrected chi connectivity index (χ0v) is 32.7. The third-order valence-corrected chi connectivity index (χ3v) is 7.73. The number of nitrogens with one attached hydrogen (secondary N) is 2. The smallest absolute Gasteiger partial charge is 0.425 e. The average molecular weight is 732 g/mol. The molecule has 4 rings (SSSR count). The highest BCUT2D eigenvalue weighted by molar-refractivity contribution is 6.10. The summed E-state index contributed by atoms with van der Waals surface area (Å²) in [7, 11) is 1.68. The van der Waals surface area contributed by atoms with Crippen LogP contribution in [0.3, 0.4) is 0 Å². The van der Waals surface area contributed by atoms with Gasteiger partial charge in [-0.05, 0) is 92.7 Å². The maximum Gasteiger partial charge on any atom is 0.425 e. The highest BCUT2D eigenvalue weighted by Gasteiger charge is 2.36. The minimum Gasteiger partial charge on any atom is -0.444 e. The summed E-state index contributed by atoms with van der Waals surface area (Å²) in [4.78, 5) is 71.6.